The van der Waals surface area contributed by atoms with Gasteiger partial charge in [-0.15, -0.1) is 0 Å². The van der Waals surface area contributed by atoms with Gasteiger partial charge in [-0.2, -0.15) is 0 Å². The number of ether oxygens (including phenoxy) is 1. The Hall–Kier alpha value is -2.45. The Morgan fingerprint density at radius 2 is 2.19 bits per heavy atom. The van der Waals surface area contributed by atoms with Crippen LogP contribution >= 0.6 is 11.3 Å². The molecule has 2 unspecified atom stereocenters. The lowest BCUT2D eigenvalue weighted by atomic mass is 9.92. The molecule has 1 aliphatic rings. The van der Waals surface area contributed by atoms with Gasteiger partial charge in [-0.05, 0) is 31.0 Å². The van der Waals surface area contributed by atoms with Gasteiger partial charge in [0.25, 0.3) is 11.5 Å². The molecular formula is C18H19N3O4S. The number of nitrogens with one attached hydrogen (secondary N) is 1. The average molecular weight is 373 g/mol. The smallest absolute Gasteiger partial charge is 0.271 e. The number of carbonyl (C=O) groups is 1. The molecule has 0 spiro atoms. The minimum Gasteiger partial charge on any atom is -0.497 e. The fourth-order valence-corrected chi connectivity index (χ4v) is 4.41. The van der Waals surface area contributed by atoms with Gasteiger partial charge in [-0.3, -0.25) is 14.0 Å². The van der Waals surface area contributed by atoms with Gasteiger partial charge in [-0.25, -0.2) is 4.98 Å². The van der Waals surface area contributed by atoms with Crippen LogP contribution in [0, 0.1) is 0 Å². The van der Waals surface area contributed by atoms with E-state index in [-0.39, 0.29) is 11.6 Å². The Bertz CT molecular complexity index is 1040. The lowest BCUT2D eigenvalue weighted by Gasteiger charge is -2.28. The van der Waals surface area contributed by atoms with E-state index in [0.717, 1.165) is 17.5 Å². The molecule has 0 saturated heterocycles. The quantitative estimate of drug-likeness (QED) is 0.732. The number of nitrogens with zero attached hydrogens (tertiary/aromatic N) is 2. The first kappa shape index (κ1) is 17.0. The zero-order chi connectivity index (χ0) is 18.3. The Morgan fingerprint density at radius 3 is 2.96 bits per heavy atom. The SMILES string of the molecule is COc1ccc2c(c1)sc1ncc(C(=O)NC3CCCCC3O)c(=O)n12. The Labute approximate surface area is 153 Å². The first-order valence-corrected chi connectivity index (χ1v) is 9.37. The molecule has 2 atom stereocenters. The third-order valence-electron chi connectivity index (χ3n) is 4.83. The van der Waals surface area contributed by atoms with Crippen molar-refractivity contribution in [2.75, 3.05) is 7.11 Å². The number of hydrogen-bond acceptors (Lipinski definition) is 6. The van der Waals surface area contributed by atoms with Crippen LogP contribution in [-0.2, 0) is 0 Å². The summed E-state index contributed by atoms with van der Waals surface area (Å²) in [6.45, 7) is 0. The minimum absolute atomic E-state index is 0.0178. The van der Waals surface area contributed by atoms with E-state index in [4.69, 9.17) is 4.74 Å². The lowest BCUT2D eigenvalue weighted by Crippen LogP contribution is -2.46. The highest BCUT2D eigenvalue weighted by molar-refractivity contribution is 7.23. The molecule has 26 heavy (non-hydrogen) atoms. The van der Waals surface area contributed by atoms with Crippen LogP contribution in [0.25, 0.3) is 15.2 Å². The molecule has 4 rings (SSSR count). The molecule has 136 valence electrons. The number of thiazole rings is 1. The molecule has 2 N–H and O–H groups in total. The number of fused-ring (bicyclic) bond motifs is 3. The largest absolute Gasteiger partial charge is 0.497 e. The van der Waals surface area contributed by atoms with Gasteiger partial charge in [0.1, 0.15) is 11.3 Å². The Morgan fingerprint density at radius 1 is 1.38 bits per heavy atom. The topological polar surface area (TPSA) is 92.9 Å². The molecular weight excluding hydrogens is 354 g/mol. The van der Waals surface area contributed by atoms with Gasteiger partial charge < -0.3 is 15.2 Å². The average Bonchev–Trinajstić information content (AvgIpc) is 3.02. The van der Waals surface area contributed by atoms with Crippen LogP contribution in [0.4, 0.5) is 0 Å². The van der Waals surface area contributed by atoms with Crippen molar-refractivity contribution >= 4 is 32.4 Å². The number of aromatic nitrogens is 2. The van der Waals surface area contributed by atoms with Crippen molar-refractivity contribution in [2.24, 2.45) is 0 Å². The first-order valence-electron chi connectivity index (χ1n) is 8.55. The predicted octanol–water partition coefficient (Wildman–Crippen LogP) is 1.95. The standard InChI is InChI=1S/C18H19N3O4S/c1-25-10-6-7-13-15(8-10)26-18-19-9-11(17(24)21(13)18)16(23)20-12-4-2-3-5-14(12)22/h6-9,12,14,22H,2-5H2,1H3,(H,20,23). The zero-order valence-corrected chi connectivity index (χ0v) is 15.1. The molecule has 1 aliphatic carbocycles. The number of carbonyl (C=O) groups excluding carboxylic acids is 1. The second kappa shape index (κ2) is 6.69. The van der Waals surface area contributed by atoms with Crippen LogP contribution in [-0.4, -0.2) is 39.7 Å². The van der Waals surface area contributed by atoms with Gasteiger partial charge in [0.2, 0.25) is 0 Å². The van der Waals surface area contributed by atoms with E-state index >= 15 is 0 Å². The molecule has 1 fully saturated rings. The predicted molar refractivity (Wildman–Crippen MR) is 99.1 cm³/mol. The molecule has 0 radical (unpaired) electrons. The third kappa shape index (κ3) is 2.85. The van der Waals surface area contributed by atoms with Crippen molar-refractivity contribution in [1.82, 2.24) is 14.7 Å². The van der Waals surface area contributed by atoms with Crippen molar-refractivity contribution in [1.29, 1.82) is 0 Å². The summed E-state index contributed by atoms with van der Waals surface area (Å²) in [6, 6.07) is 5.07. The van der Waals surface area contributed by atoms with Crippen molar-refractivity contribution in [3.8, 4) is 5.75 Å². The summed E-state index contributed by atoms with van der Waals surface area (Å²) in [4.78, 5) is 30.3. The van der Waals surface area contributed by atoms with Crippen LogP contribution < -0.4 is 15.6 Å². The van der Waals surface area contributed by atoms with E-state index in [1.165, 1.54) is 21.9 Å². The molecule has 3 aromatic rings. The molecule has 0 bridgehead atoms. The highest BCUT2D eigenvalue weighted by Gasteiger charge is 2.26. The van der Waals surface area contributed by atoms with E-state index in [0.29, 0.717) is 29.1 Å². The summed E-state index contributed by atoms with van der Waals surface area (Å²) in [5.41, 5.74) is 0.264. The number of aliphatic hydroxyl groups is 1. The third-order valence-corrected chi connectivity index (χ3v) is 5.85. The molecule has 8 heteroatoms. The lowest BCUT2D eigenvalue weighted by molar-refractivity contribution is 0.0716. The Kier molecular flexibility index (Phi) is 4.37. The highest BCUT2D eigenvalue weighted by Crippen LogP contribution is 2.27. The van der Waals surface area contributed by atoms with Crippen LogP contribution in [0.2, 0.25) is 0 Å². The zero-order valence-electron chi connectivity index (χ0n) is 14.3. The van der Waals surface area contributed by atoms with Crippen LogP contribution in [0.5, 0.6) is 5.75 Å². The molecule has 2 heterocycles. The minimum atomic E-state index is -0.568. The summed E-state index contributed by atoms with van der Waals surface area (Å²) in [6.07, 6.45) is 4.03. The van der Waals surface area contributed by atoms with E-state index in [9.17, 15) is 14.7 Å². The number of methoxy groups -OCH3 is 1. The van der Waals surface area contributed by atoms with Gasteiger partial charge >= 0.3 is 0 Å². The van der Waals surface area contributed by atoms with Crippen LogP contribution in [0.1, 0.15) is 36.0 Å². The molecule has 1 saturated carbocycles. The normalized spacial score (nSPS) is 20.4. The summed E-state index contributed by atoms with van der Waals surface area (Å²) in [7, 11) is 1.58. The van der Waals surface area contributed by atoms with E-state index in [1.54, 1.807) is 19.2 Å². The molecule has 1 aromatic carbocycles. The number of aliphatic hydroxyl groups excluding tert-OH is 1. The maximum absolute atomic E-state index is 12.9. The van der Waals surface area contributed by atoms with Crippen molar-refractivity contribution in [3.63, 3.8) is 0 Å². The maximum Gasteiger partial charge on any atom is 0.271 e. The van der Waals surface area contributed by atoms with Crippen molar-refractivity contribution in [3.05, 3.63) is 40.3 Å². The fourth-order valence-electron chi connectivity index (χ4n) is 3.39. The molecule has 7 nitrogen and oxygen atoms in total. The molecule has 2 aromatic heterocycles. The molecule has 1 amide bonds. The second-order valence-corrected chi connectivity index (χ2v) is 7.47. The van der Waals surface area contributed by atoms with Gasteiger partial charge in [0, 0.05) is 6.20 Å². The summed E-state index contributed by atoms with van der Waals surface area (Å²) in [5, 5.41) is 12.8. The summed E-state index contributed by atoms with van der Waals surface area (Å²) in [5.74, 6) is 0.206. The van der Waals surface area contributed by atoms with E-state index in [1.807, 2.05) is 6.07 Å². The second-order valence-electron chi connectivity index (χ2n) is 6.46. The Balaban J connectivity index is 1.74. The summed E-state index contributed by atoms with van der Waals surface area (Å²) < 4.78 is 7.52. The van der Waals surface area contributed by atoms with Gasteiger partial charge in [-0.1, -0.05) is 24.2 Å². The van der Waals surface area contributed by atoms with Crippen LogP contribution in [0.3, 0.4) is 0 Å². The molecule has 0 aliphatic heterocycles. The van der Waals surface area contributed by atoms with E-state index < -0.39 is 17.6 Å². The van der Waals surface area contributed by atoms with Gasteiger partial charge in [0.05, 0.1) is 29.5 Å². The van der Waals surface area contributed by atoms with Crippen molar-refractivity contribution in [2.45, 2.75) is 37.8 Å². The van der Waals surface area contributed by atoms with Crippen LogP contribution in [0.15, 0.2) is 29.2 Å². The van der Waals surface area contributed by atoms with Crippen molar-refractivity contribution < 1.29 is 14.6 Å². The number of hydrogen-bond donors (Lipinski definition) is 2. The number of amides is 1. The number of benzene rings is 1. The fraction of sp³-hybridized carbons (Fsp3) is 0.389. The summed E-state index contributed by atoms with van der Waals surface area (Å²) >= 11 is 1.36. The van der Waals surface area contributed by atoms with Gasteiger partial charge in [0.15, 0.2) is 4.96 Å². The maximum atomic E-state index is 12.9. The monoisotopic (exact) mass is 373 g/mol. The highest BCUT2D eigenvalue weighted by atomic mass is 32.1. The van der Waals surface area contributed by atoms with E-state index in [2.05, 4.69) is 10.3 Å². The first-order chi connectivity index (χ1) is 12.6. The number of rotatable bonds is 3.